The van der Waals surface area contributed by atoms with Crippen LogP contribution in [0, 0.1) is 11.3 Å². The largest absolute Gasteiger partial charge is 0.453 e. The summed E-state index contributed by atoms with van der Waals surface area (Å²) in [5, 5.41) is 0. The molecule has 15 heavy (non-hydrogen) atoms. The van der Waals surface area contributed by atoms with E-state index in [1.165, 1.54) is 7.11 Å². The second-order valence-corrected chi connectivity index (χ2v) is 4.93. The monoisotopic (exact) mass is 213 g/mol. The summed E-state index contributed by atoms with van der Waals surface area (Å²) in [5.74, 6) is 0.344. The van der Waals surface area contributed by atoms with Gasteiger partial charge in [-0.15, -0.1) is 0 Å². The van der Waals surface area contributed by atoms with E-state index < -0.39 is 0 Å². The summed E-state index contributed by atoms with van der Waals surface area (Å²) >= 11 is 0. The normalized spacial score (nSPS) is 18.6. The highest BCUT2D eigenvalue weighted by molar-refractivity contribution is 5.81. The van der Waals surface area contributed by atoms with Crippen molar-refractivity contribution in [1.29, 1.82) is 0 Å². The molecule has 0 aromatic rings. The molecular formula is C11H19NO3. The smallest absolute Gasteiger partial charge is 0.409 e. The summed E-state index contributed by atoms with van der Waals surface area (Å²) in [5.41, 5.74) is -0.0461. The Labute approximate surface area is 90.6 Å². The molecule has 86 valence electrons. The summed E-state index contributed by atoms with van der Waals surface area (Å²) < 4.78 is 4.60. The van der Waals surface area contributed by atoms with Crippen LogP contribution in [-0.4, -0.2) is 37.0 Å². The minimum Gasteiger partial charge on any atom is -0.453 e. The minimum absolute atomic E-state index is 0.0461. The van der Waals surface area contributed by atoms with E-state index in [1.807, 2.05) is 20.8 Å². The Bertz CT molecular complexity index is 267. The Hall–Kier alpha value is -1.06. The first-order chi connectivity index (χ1) is 6.88. The van der Waals surface area contributed by atoms with E-state index in [0.29, 0.717) is 19.5 Å². The minimum atomic E-state index is -0.301. The highest BCUT2D eigenvalue weighted by Gasteiger charge is 2.43. The van der Waals surface area contributed by atoms with E-state index >= 15 is 0 Å². The van der Waals surface area contributed by atoms with Crippen molar-refractivity contribution in [2.75, 3.05) is 20.2 Å². The number of carbonyl (C=O) groups is 2. The molecule has 0 saturated carbocycles. The van der Waals surface area contributed by atoms with Crippen molar-refractivity contribution in [3.63, 3.8) is 0 Å². The summed E-state index contributed by atoms with van der Waals surface area (Å²) in [4.78, 5) is 24.3. The van der Waals surface area contributed by atoms with Gasteiger partial charge in [0.05, 0.1) is 7.11 Å². The van der Waals surface area contributed by atoms with Gasteiger partial charge in [0.15, 0.2) is 0 Å². The third-order valence-electron chi connectivity index (χ3n) is 2.82. The number of methoxy groups -OCH3 is 1. The average molecular weight is 213 g/mol. The van der Waals surface area contributed by atoms with Gasteiger partial charge >= 0.3 is 6.09 Å². The fraction of sp³-hybridized carbons (Fsp3) is 0.818. The van der Waals surface area contributed by atoms with Crippen LogP contribution in [0.25, 0.3) is 0 Å². The van der Waals surface area contributed by atoms with E-state index in [-0.39, 0.29) is 23.2 Å². The predicted octanol–water partition coefficient (Wildman–Crippen LogP) is 1.69. The number of rotatable bonds is 3. The van der Waals surface area contributed by atoms with E-state index in [1.54, 1.807) is 4.90 Å². The molecule has 1 saturated heterocycles. The van der Waals surface area contributed by atoms with Crippen molar-refractivity contribution in [1.82, 2.24) is 4.90 Å². The van der Waals surface area contributed by atoms with Gasteiger partial charge in [-0.1, -0.05) is 20.8 Å². The van der Waals surface area contributed by atoms with Gasteiger partial charge in [0.1, 0.15) is 5.78 Å². The van der Waals surface area contributed by atoms with E-state index in [2.05, 4.69) is 4.74 Å². The quantitative estimate of drug-likeness (QED) is 0.716. The number of hydrogen-bond acceptors (Lipinski definition) is 3. The molecule has 0 radical (unpaired) electrons. The lowest BCUT2D eigenvalue weighted by atomic mass is 9.76. The molecule has 0 spiro atoms. The lowest BCUT2D eigenvalue weighted by molar-refractivity contribution is -0.126. The standard InChI is InChI=1S/C11H19NO3/c1-8(2)9(13)5-11(3)6-12(7-11)10(14)15-4/h8H,5-7H2,1-4H3. The molecule has 0 N–H and O–H groups in total. The number of Topliss-reactive ketones (excluding diaryl/α,β-unsaturated/α-hetero) is 1. The Morgan fingerprint density at radius 2 is 1.93 bits per heavy atom. The van der Waals surface area contributed by atoms with Gasteiger partial charge in [-0.05, 0) is 0 Å². The van der Waals surface area contributed by atoms with Crippen molar-refractivity contribution in [3.8, 4) is 0 Å². The highest BCUT2D eigenvalue weighted by atomic mass is 16.5. The molecule has 0 atom stereocenters. The highest BCUT2D eigenvalue weighted by Crippen LogP contribution is 2.34. The molecular weight excluding hydrogens is 194 g/mol. The zero-order chi connectivity index (χ0) is 11.6. The zero-order valence-corrected chi connectivity index (χ0v) is 9.87. The van der Waals surface area contributed by atoms with Gasteiger partial charge in [-0.25, -0.2) is 4.79 Å². The first-order valence-electron chi connectivity index (χ1n) is 5.23. The van der Waals surface area contributed by atoms with Crippen LogP contribution in [0.4, 0.5) is 4.79 Å². The van der Waals surface area contributed by atoms with Crippen molar-refractivity contribution >= 4 is 11.9 Å². The summed E-state index contributed by atoms with van der Waals surface area (Å²) in [6.45, 7) is 7.09. The van der Waals surface area contributed by atoms with E-state index in [9.17, 15) is 9.59 Å². The second-order valence-electron chi connectivity index (χ2n) is 4.93. The van der Waals surface area contributed by atoms with Crippen molar-refractivity contribution in [2.45, 2.75) is 27.2 Å². The summed E-state index contributed by atoms with van der Waals surface area (Å²) in [7, 11) is 1.37. The van der Waals surface area contributed by atoms with Crippen LogP contribution in [0.5, 0.6) is 0 Å². The molecule has 1 amide bonds. The molecule has 0 aromatic carbocycles. The first kappa shape index (κ1) is 12.0. The van der Waals surface area contributed by atoms with Crippen LogP contribution in [0.2, 0.25) is 0 Å². The summed E-state index contributed by atoms with van der Waals surface area (Å²) in [6.07, 6.45) is 0.252. The van der Waals surface area contributed by atoms with Gasteiger partial charge in [0.25, 0.3) is 0 Å². The van der Waals surface area contributed by atoms with Gasteiger partial charge in [0, 0.05) is 30.8 Å². The molecule has 0 aliphatic carbocycles. The molecule has 1 aliphatic heterocycles. The number of hydrogen-bond donors (Lipinski definition) is 0. The Kier molecular flexibility index (Phi) is 3.37. The third-order valence-corrected chi connectivity index (χ3v) is 2.82. The van der Waals surface area contributed by atoms with E-state index in [4.69, 9.17) is 0 Å². The predicted molar refractivity (Wildman–Crippen MR) is 56.5 cm³/mol. The van der Waals surface area contributed by atoms with Crippen LogP contribution in [-0.2, 0) is 9.53 Å². The number of ketones is 1. The Balaban J connectivity index is 2.41. The topological polar surface area (TPSA) is 46.6 Å². The number of ether oxygens (including phenoxy) is 1. The lowest BCUT2D eigenvalue weighted by Crippen LogP contribution is -2.57. The molecule has 1 fully saturated rings. The maximum absolute atomic E-state index is 11.6. The van der Waals surface area contributed by atoms with Crippen molar-refractivity contribution < 1.29 is 14.3 Å². The molecule has 1 heterocycles. The number of likely N-dealkylation sites (tertiary alicyclic amines) is 1. The fourth-order valence-electron chi connectivity index (χ4n) is 1.87. The molecule has 4 nitrogen and oxygen atoms in total. The van der Waals surface area contributed by atoms with Crippen LogP contribution < -0.4 is 0 Å². The maximum Gasteiger partial charge on any atom is 0.409 e. The van der Waals surface area contributed by atoms with Crippen LogP contribution in [0.1, 0.15) is 27.2 Å². The number of carbonyl (C=O) groups excluding carboxylic acids is 2. The molecule has 0 aromatic heterocycles. The van der Waals surface area contributed by atoms with Gasteiger partial charge in [-0.2, -0.15) is 0 Å². The summed E-state index contributed by atoms with van der Waals surface area (Å²) in [6, 6.07) is 0. The van der Waals surface area contributed by atoms with Gasteiger partial charge in [-0.3, -0.25) is 4.79 Å². The zero-order valence-electron chi connectivity index (χ0n) is 9.87. The van der Waals surface area contributed by atoms with Crippen molar-refractivity contribution in [3.05, 3.63) is 0 Å². The Morgan fingerprint density at radius 1 is 1.40 bits per heavy atom. The molecule has 1 aliphatic rings. The molecule has 1 rings (SSSR count). The van der Waals surface area contributed by atoms with Crippen molar-refractivity contribution in [2.24, 2.45) is 11.3 Å². The molecule has 0 unspecified atom stereocenters. The lowest BCUT2D eigenvalue weighted by Gasteiger charge is -2.47. The van der Waals surface area contributed by atoms with Crippen LogP contribution in [0.15, 0.2) is 0 Å². The third kappa shape index (κ3) is 2.70. The second kappa shape index (κ2) is 4.21. The van der Waals surface area contributed by atoms with Crippen LogP contribution in [0.3, 0.4) is 0 Å². The van der Waals surface area contributed by atoms with Gasteiger partial charge in [0.2, 0.25) is 0 Å². The average Bonchev–Trinajstić information content (AvgIpc) is 2.12. The SMILES string of the molecule is COC(=O)N1CC(C)(CC(=O)C(C)C)C1. The maximum atomic E-state index is 11.6. The van der Waals surface area contributed by atoms with Crippen LogP contribution >= 0.6 is 0 Å². The molecule has 4 heteroatoms. The molecule has 0 bridgehead atoms. The number of amides is 1. The Morgan fingerprint density at radius 3 is 2.33 bits per heavy atom. The number of nitrogens with zero attached hydrogens (tertiary/aromatic N) is 1. The van der Waals surface area contributed by atoms with E-state index in [0.717, 1.165) is 0 Å². The fourth-order valence-corrected chi connectivity index (χ4v) is 1.87. The van der Waals surface area contributed by atoms with Gasteiger partial charge < -0.3 is 9.64 Å². The first-order valence-corrected chi connectivity index (χ1v) is 5.23.